The van der Waals surface area contributed by atoms with Gasteiger partial charge in [-0.1, -0.05) is 15.9 Å². The van der Waals surface area contributed by atoms with Crippen LogP contribution in [0.15, 0.2) is 0 Å². The Kier molecular flexibility index (Phi) is 6.55. The summed E-state index contributed by atoms with van der Waals surface area (Å²) >= 11 is 3.37. The second-order valence-electron chi connectivity index (χ2n) is 4.91. The van der Waals surface area contributed by atoms with Crippen LogP contribution < -0.4 is 4.72 Å². The van der Waals surface area contributed by atoms with Crippen molar-refractivity contribution in [2.75, 3.05) is 18.4 Å². The third-order valence-electron chi connectivity index (χ3n) is 2.89. The summed E-state index contributed by atoms with van der Waals surface area (Å²) in [6, 6.07) is 0. The van der Waals surface area contributed by atoms with Gasteiger partial charge in [0.05, 0.1) is 6.10 Å². The highest BCUT2D eigenvalue weighted by Crippen LogP contribution is 2.22. The van der Waals surface area contributed by atoms with Gasteiger partial charge in [-0.05, 0) is 39.0 Å². The Labute approximate surface area is 123 Å². The molecule has 0 saturated carbocycles. The summed E-state index contributed by atoms with van der Waals surface area (Å²) in [5, 5.41) is 0.856. The molecule has 1 fully saturated rings. The van der Waals surface area contributed by atoms with E-state index in [4.69, 9.17) is 4.74 Å². The minimum absolute atomic E-state index is 0.339. The van der Waals surface area contributed by atoms with Crippen molar-refractivity contribution in [3.8, 4) is 0 Å². The van der Waals surface area contributed by atoms with Crippen molar-refractivity contribution in [3.63, 3.8) is 0 Å². The normalized spacial score (nSPS) is 21.4. The molecule has 1 aliphatic heterocycles. The summed E-state index contributed by atoms with van der Waals surface area (Å²) in [5.41, 5.74) is 0. The number of amides is 1. The first-order valence-corrected chi connectivity index (χ1v) is 8.95. The van der Waals surface area contributed by atoms with Crippen molar-refractivity contribution in [2.45, 2.75) is 39.2 Å². The smallest absolute Gasteiger partial charge is 0.422 e. The number of nitrogens with zero attached hydrogens (tertiary/aromatic N) is 1. The van der Waals surface area contributed by atoms with Crippen LogP contribution in [0.5, 0.6) is 0 Å². The molecule has 0 bridgehead atoms. The quantitative estimate of drug-likeness (QED) is 0.762. The summed E-state index contributed by atoms with van der Waals surface area (Å²) < 4.78 is 32.1. The molecule has 1 aliphatic rings. The molecule has 1 unspecified atom stereocenters. The summed E-state index contributed by atoms with van der Waals surface area (Å²) in [4.78, 5) is 11.4. The predicted octanol–water partition coefficient (Wildman–Crippen LogP) is 1.86. The molecule has 112 valence electrons. The highest BCUT2D eigenvalue weighted by atomic mass is 79.9. The lowest BCUT2D eigenvalue weighted by atomic mass is 9.97. The fourth-order valence-electron chi connectivity index (χ4n) is 2.04. The van der Waals surface area contributed by atoms with Gasteiger partial charge < -0.3 is 4.74 Å². The zero-order chi connectivity index (χ0) is 14.5. The van der Waals surface area contributed by atoms with Gasteiger partial charge in [-0.15, -0.1) is 0 Å². The second kappa shape index (κ2) is 7.44. The SMILES string of the molecule is CC(C)OC(=O)NS(=O)(=O)N1CCCC(CCBr)C1. The first-order chi connectivity index (χ1) is 8.85. The number of piperidine rings is 1. The van der Waals surface area contributed by atoms with Gasteiger partial charge in [-0.25, -0.2) is 9.52 Å². The lowest BCUT2D eigenvalue weighted by Gasteiger charge is -2.31. The van der Waals surface area contributed by atoms with Gasteiger partial charge in [0, 0.05) is 18.4 Å². The molecule has 1 saturated heterocycles. The molecule has 0 radical (unpaired) electrons. The van der Waals surface area contributed by atoms with E-state index in [1.54, 1.807) is 13.8 Å². The van der Waals surface area contributed by atoms with Crippen LogP contribution in [0.2, 0.25) is 0 Å². The van der Waals surface area contributed by atoms with Crippen LogP contribution in [0, 0.1) is 5.92 Å². The third kappa shape index (κ3) is 5.66. The zero-order valence-electron chi connectivity index (χ0n) is 11.3. The molecule has 19 heavy (non-hydrogen) atoms. The number of alkyl halides is 1. The molecule has 1 rings (SSSR count). The Bertz CT molecular complexity index is 397. The average Bonchev–Trinajstić information content (AvgIpc) is 2.27. The van der Waals surface area contributed by atoms with E-state index in [9.17, 15) is 13.2 Å². The lowest BCUT2D eigenvalue weighted by Crippen LogP contribution is -2.48. The Morgan fingerprint density at radius 2 is 2.21 bits per heavy atom. The second-order valence-corrected chi connectivity index (χ2v) is 7.37. The number of nitrogens with one attached hydrogen (secondary N) is 1. The number of halogens is 1. The molecule has 1 heterocycles. The van der Waals surface area contributed by atoms with Gasteiger partial charge in [-0.3, -0.25) is 0 Å². The maximum atomic E-state index is 12.0. The molecule has 1 amide bonds. The van der Waals surface area contributed by atoms with E-state index in [0.29, 0.717) is 19.0 Å². The van der Waals surface area contributed by atoms with Gasteiger partial charge in [0.25, 0.3) is 0 Å². The Morgan fingerprint density at radius 3 is 2.79 bits per heavy atom. The number of hydrogen-bond acceptors (Lipinski definition) is 4. The Morgan fingerprint density at radius 1 is 1.53 bits per heavy atom. The Balaban J connectivity index is 2.58. The minimum atomic E-state index is -3.79. The maximum Gasteiger partial charge on any atom is 0.422 e. The van der Waals surface area contributed by atoms with E-state index in [2.05, 4.69) is 15.9 Å². The highest BCUT2D eigenvalue weighted by Gasteiger charge is 2.30. The van der Waals surface area contributed by atoms with Gasteiger partial charge in [0.1, 0.15) is 0 Å². The van der Waals surface area contributed by atoms with Crippen LogP contribution in [0.25, 0.3) is 0 Å². The van der Waals surface area contributed by atoms with E-state index < -0.39 is 16.3 Å². The Hall–Kier alpha value is -0.340. The molecule has 6 nitrogen and oxygen atoms in total. The first kappa shape index (κ1) is 16.7. The number of carbonyl (C=O) groups is 1. The number of hydrogen-bond donors (Lipinski definition) is 1. The molecule has 0 spiro atoms. The first-order valence-electron chi connectivity index (χ1n) is 6.39. The van der Waals surface area contributed by atoms with Gasteiger partial charge >= 0.3 is 16.3 Å². The van der Waals surface area contributed by atoms with Gasteiger partial charge in [-0.2, -0.15) is 12.7 Å². The van der Waals surface area contributed by atoms with Gasteiger partial charge in [0.2, 0.25) is 0 Å². The van der Waals surface area contributed by atoms with Crippen molar-refractivity contribution in [2.24, 2.45) is 5.92 Å². The van der Waals surface area contributed by atoms with Crippen LogP contribution in [-0.4, -0.2) is 43.3 Å². The van der Waals surface area contributed by atoms with Crippen LogP contribution >= 0.6 is 15.9 Å². The molecule has 0 aromatic rings. The molecule has 8 heteroatoms. The molecular weight excluding hydrogens is 336 g/mol. The van der Waals surface area contributed by atoms with E-state index in [-0.39, 0.29) is 6.10 Å². The largest absolute Gasteiger partial charge is 0.446 e. The van der Waals surface area contributed by atoms with Crippen LogP contribution in [0.4, 0.5) is 4.79 Å². The fourth-order valence-corrected chi connectivity index (χ4v) is 3.85. The molecule has 0 aromatic heterocycles. The van der Waals surface area contributed by atoms with E-state index in [1.165, 1.54) is 4.31 Å². The molecular formula is C11H21BrN2O4S. The van der Waals surface area contributed by atoms with Crippen molar-refractivity contribution < 1.29 is 17.9 Å². The molecule has 0 aromatic carbocycles. The number of rotatable bonds is 5. The zero-order valence-corrected chi connectivity index (χ0v) is 13.7. The predicted molar refractivity (Wildman–Crippen MR) is 76.4 cm³/mol. The molecule has 0 aliphatic carbocycles. The molecule has 1 atom stereocenters. The lowest BCUT2D eigenvalue weighted by molar-refractivity contribution is 0.120. The summed E-state index contributed by atoms with van der Waals surface area (Å²) in [6.45, 7) is 4.23. The summed E-state index contributed by atoms with van der Waals surface area (Å²) in [5.74, 6) is 0.339. The molecule has 1 N–H and O–H groups in total. The van der Waals surface area contributed by atoms with Crippen molar-refractivity contribution >= 4 is 32.2 Å². The standard InChI is InChI=1S/C11H21BrN2O4S/c1-9(2)18-11(15)13-19(16,17)14-7-3-4-10(8-14)5-6-12/h9-10H,3-8H2,1-2H3,(H,13,15). The number of ether oxygens (including phenoxy) is 1. The average molecular weight is 357 g/mol. The van der Waals surface area contributed by atoms with E-state index >= 15 is 0 Å². The van der Waals surface area contributed by atoms with E-state index in [0.717, 1.165) is 24.6 Å². The monoisotopic (exact) mass is 356 g/mol. The van der Waals surface area contributed by atoms with Crippen LogP contribution in [-0.2, 0) is 14.9 Å². The van der Waals surface area contributed by atoms with Gasteiger partial charge in [0.15, 0.2) is 0 Å². The van der Waals surface area contributed by atoms with Crippen molar-refractivity contribution in [1.82, 2.24) is 9.03 Å². The van der Waals surface area contributed by atoms with Crippen LogP contribution in [0.1, 0.15) is 33.1 Å². The fraction of sp³-hybridized carbons (Fsp3) is 0.909. The van der Waals surface area contributed by atoms with E-state index in [1.807, 2.05) is 4.72 Å². The van der Waals surface area contributed by atoms with Crippen molar-refractivity contribution in [3.05, 3.63) is 0 Å². The van der Waals surface area contributed by atoms with Crippen molar-refractivity contribution in [1.29, 1.82) is 0 Å². The summed E-state index contributed by atoms with van der Waals surface area (Å²) in [6.07, 6.45) is 1.50. The topological polar surface area (TPSA) is 75.7 Å². The summed E-state index contributed by atoms with van der Waals surface area (Å²) in [7, 11) is -3.79. The minimum Gasteiger partial charge on any atom is -0.446 e. The third-order valence-corrected chi connectivity index (χ3v) is 4.79. The number of carbonyl (C=O) groups excluding carboxylic acids is 1. The maximum absolute atomic E-state index is 12.0. The highest BCUT2D eigenvalue weighted by molar-refractivity contribution is 9.09. The van der Waals surface area contributed by atoms with Crippen LogP contribution in [0.3, 0.4) is 0 Å².